The van der Waals surface area contributed by atoms with E-state index < -0.39 is 0 Å². The average molecular weight is 632 g/mol. The first kappa shape index (κ1) is 28.2. The Morgan fingerprint density at radius 3 is 1.57 bits per heavy atom. The van der Waals surface area contributed by atoms with Crippen LogP contribution < -0.4 is 10.6 Å². The number of thioether (sulfide) groups is 1. The Labute approximate surface area is 245 Å². The van der Waals surface area contributed by atoms with Gasteiger partial charge in [0.1, 0.15) is 0 Å². The molecule has 2 heterocycles. The molecule has 6 nitrogen and oxygen atoms in total. The number of carbonyl (C=O) groups is 2. The number of rotatable bonds is 10. The van der Waals surface area contributed by atoms with Gasteiger partial charge in [-0.15, -0.1) is 22.7 Å². The van der Waals surface area contributed by atoms with Gasteiger partial charge in [0, 0.05) is 56.3 Å². The number of aromatic nitrogens is 2. The molecule has 0 fully saturated rings. The number of hydrogen-bond acceptors (Lipinski definition) is 7. The van der Waals surface area contributed by atoms with E-state index in [9.17, 15) is 9.59 Å². The number of benzene rings is 2. The van der Waals surface area contributed by atoms with Crippen molar-refractivity contribution in [3.05, 3.63) is 67.2 Å². The summed E-state index contributed by atoms with van der Waals surface area (Å²) in [6.07, 6.45) is 0.612. The molecule has 0 aliphatic carbocycles. The van der Waals surface area contributed by atoms with Gasteiger partial charge in [0.25, 0.3) is 0 Å². The molecule has 2 aromatic carbocycles. The molecule has 13 heteroatoms. The van der Waals surface area contributed by atoms with E-state index in [-0.39, 0.29) is 11.8 Å². The molecule has 0 saturated heterocycles. The Bertz CT molecular complexity index is 1320. The van der Waals surface area contributed by atoms with Crippen LogP contribution in [0.5, 0.6) is 0 Å². The Morgan fingerprint density at radius 1 is 0.730 bits per heavy atom. The molecule has 2 aromatic heterocycles. The lowest BCUT2D eigenvalue weighted by Gasteiger charge is -2.04. The van der Waals surface area contributed by atoms with Crippen LogP contribution in [0.25, 0.3) is 22.5 Å². The predicted octanol–water partition coefficient (Wildman–Crippen LogP) is 8.64. The van der Waals surface area contributed by atoms with Crippen molar-refractivity contribution in [1.82, 2.24) is 9.97 Å². The number of amides is 2. The molecule has 4 rings (SSSR count). The lowest BCUT2D eigenvalue weighted by atomic mass is 10.2. The van der Waals surface area contributed by atoms with Crippen molar-refractivity contribution in [2.75, 3.05) is 22.1 Å². The van der Waals surface area contributed by atoms with E-state index >= 15 is 0 Å². The molecule has 0 saturated carbocycles. The summed E-state index contributed by atoms with van der Waals surface area (Å²) >= 11 is 28.5. The van der Waals surface area contributed by atoms with Crippen LogP contribution in [0.2, 0.25) is 20.1 Å². The van der Waals surface area contributed by atoms with Crippen molar-refractivity contribution in [2.24, 2.45) is 0 Å². The standard InChI is InChI=1S/C24H18Cl4N4O2S3/c25-13-1-3-15(17(27)9-13)19-11-36-23(29-19)31-21(33)5-7-35-8-6-22(34)32-24-30-20(12-37-24)16-4-2-14(26)10-18(16)28/h1-4,9-12H,5-8H2,(H,29,31,33)(H,30,32,34). The highest BCUT2D eigenvalue weighted by atomic mass is 35.5. The highest BCUT2D eigenvalue weighted by Gasteiger charge is 2.13. The number of anilines is 2. The largest absolute Gasteiger partial charge is 0.302 e. The quantitative estimate of drug-likeness (QED) is 0.171. The minimum Gasteiger partial charge on any atom is -0.302 e. The van der Waals surface area contributed by atoms with Crippen molar-refractivity contribution in [1.29, 1.82) is 0 Å². The van der Waals surface area contributed by atoms with Gasteiger partial charge in [-0.3, -0.25) is 9.59 Å². The number of hydrogen-bond donors (Lipinski definition) is 2. The number of carbonyl (C=O) groups excluding carboxylic acids is 2. The van der Waals surface area contributed by atoms with Gasteiger partial charge >= 0.3 is 0 Å². The molecule has 0 aliphatic heterocycles. The Hall–Kier alpha value is -1.85. The first-order valence-corrected chi connectivity index (χ1v) is 15.2. The molecule has 2 amide bonds. The molecular formula is C24H18Cl4N4O2S3. The lowest BCUT2D eigenvalue weighted by molar-refractivity contribution is -0.116. The summed E-state index contributed by atoms with van der Waals surface area (Å²) in [7, 11) is 0. The molecule has 4 aromatic rings. The van der Waals surface area contributed by atoms with Crippen LogP contribution in [-0.2, 0) is 9.59 Å². The number of thiazole rings is 2. The summed E-state index contributed by atoms with van der Waals surface area (Å²) in [6, 6.07) is 10.4. The van der Waals surface area contributed by atoms with Crippen molar-refractivity contribution >= 4 is 103 Å². The fourth-order valence-corrected chi connectivity index (χ4v) is 6.43. The second-order valence-electron chi connectivity index (χ2n) is 7.53. The Balaban J connectivity index is 1.16. The topological polar surface area (TPSA) is 84.0 Å². The first-order valence-electron chi connectivity index (χ1n) is 10.8. The minimum absolute atomic E-state index is 0.142. The number of halogens is 4. The molecule has 0 aliphatic rings. The van der Waals surface area contributed by atoms with Gasteiger partial charge in [-0.2, -0.15) is 11.8 Å². The van der Waals surface area contributed by atoms with Gasteiger partial charge in [-0.05, 0) is 36.4 Å². The van der Waals surface area contributed by atoms with Crippen LogP contribution in [0.1, 0.15) is 12.8 Å². The van der Waals surface area contributed by atoms with E-state index in [0.717, 1.165) is 11.1 Å². The number of nitrogens with zero attached hydrogens (tertiary/aromatic N) is 2. The van der Waals surface area contributed by atoms with Gasteiger partial charge in [-0.1, -0.05) is 46.4 Å². The van der Waals surface area contributed by atoms with Crippen molar-refractivity contribution < 1.29 is 9.59 Å². The molecule has 0 radical (unpaired) electrons. The molecule has 0 bridgehead atoms. The third-order valence-corrected chi connectivity index (χ3v) is 8.46. The fraction of sp³-hybridized carbons (Fsp3) is 0.167. The summed E-state index contributed by atoms with van der Waals surface area (Å²) in [5.41, 5.74) is 2.84. The number of nitrogens with one attached hydrogen (secondary N) is 2. The summed E-state index contributed by atoms with van der Waals surface area (Å²) in [6.45, 7) is 0. The minimum atomic E-state index is -0.142. The van der Waals surface area contributed by atoms with Crippen LogP contribution in [0.15, 0.2) is 47.2 Å². The zero-order chi connectivity index (χ0) is 26.4. The summed E-state index contributed by atoms with van der Waals surface area (Å²) in [5, 5.41) is 12.3. The normalized spacial score (nSPS) is 10.9. The summed E-state index contributed by atoms with van der Waals surface area (Å²) in [4.78, 5) is 33.4. The van der Waals surface area contributed by atoms with Crippen LogP contribution in [0, 0.1) is 0 Å². The second kappa shape index (κ2) is 13.3. The van der Waals surface area contributed by atoms with E-state index in [1.54, 1.807) is 36.4 Å². The maximum absolute atomic E-state index is 12.3. The summed E-state index contributed by atoms with van der Waals surface area (Å²) < 4.78 is 0. The van der Waals surface area contributed by atoms with Crippen molar-refractivity contribution in [3.8, 4) is 22.5 Å². The smallest absolute Gasteiger partial charge is 0.226 e. The van der Waals surface area contributed by atoms with Crippen LogP contribution >= 0.6 is 80.8 Å². The maximum atomic E-state index is 12.3. The molecular weight excluding hydrogens is 614 g/mol. The molecule has 37 heavy (non-hydrogen) atoms. The van der Waals surface area contributed by atoms with Gasteiger partial charge in [0.2, 0.25) is 11.8 Å². The molecule has 192 valence electrons. The zero-order valence-electron chi connectivity index (χ0n) is 18.9. The lowest BCUT2D eigenvalue weighted by Crippen LogP contribution is -2.13. The molecule has 0 spiro atoms. The van der Waals surface area contributed by atoms with Gasteiger partial charge < -0.3 is 10.6 Å². The highest BCUT2D eigenvalue weighted by molar-refractivity contribution is 7.99. The van der Waals surface area contributed by atoms with Crippen LogP contribution in [-0.4, -0.2) is 33.3 Å². The van der Waals surface area contributed by atoms with Crippen LogP contribution in [0.3, 0.4) is 0 Å². The third-order valence-electron chi connectivity index (χ3n) is 4.86. The fourth-order valence-electron chi connectivity index (χ4n) is 3.10. The molecule has 0 unspecified atom stereocenters. The van der Waals surface area contributed by atoms with E-state index in [4.69, 9.17) is 46.4 Å². The van der Waals surface area contributed by atoms with Crippen molar-refractivity contribution in [3.63, 3.8) is 0 Å². The average Bonchev–Trinajstić information content (AvgIpc) is 3.48. The highest BCUT2D eigenvalue weighted by Crippen LogP contribution is 2.33. The monoisotopic (exact) mass is 630 g/mol. The maximum Gasteiger partial charge on any atom is 0.226 e. The van der Waals surface area contributed by atoms with Gasteiger partial charge in [0.15, 0.2) is 10.3 Å². The van der Waals surface area contributed by atoms with Crippen LogP contribution in [0.4, 0.5) is 10.3 Å². The van der Waals surface area contributed by atoms with Gasteiger partial charge in [0.05, 0.1) is 21.4 Å². The van der Waals surface area contributed by atoms with Crippen molar-refractivity contribution in [2.45, 2.75) is 12.8 Å². The zero-order valence-corrected chi connectivity index (χ0v) is 24.4. The summed E-state index contributed by atoms with van der Waals surface area (Å²) in [5.74, 6) is 0.876. The first-order chi connectivity index (χ1) is 17.8. The Morgan fingerprint density at radius 2 is 1.16 bits per heavy atom. The third kappa shape index (κ3) is 8.07. The van der Waals surface area contributed by atoms with E-state index in [0.29, 0.717) is 66.1 Å². The molecule has 2 N–H and O–H groups in total. The molecule has 0 atom stereocenters. The Kier molecular flexibility index (Phi) is 10.1. The van der Waals surface area contributed by atoms with Gasteiger partial charge in [-0.25, -0.2) is 9.97 Å². The van der Waals surface area contributed by atoms with E-state index in [1.807, 2.05) is 10.8 Å². The second-order valence-corrected chi connectivity index (χ2v) is 12.2. The SMILES string of the molecule is O=C(CCSCCC(=O)Nc1nc(-c2ccc(Cl)cc2Cl)cs1)Nc1nc(-c2ccc(Cl)cc2Cl)cs1. The van der Waals surface area contributed by atoms with E-state index in [1.165, 1.54) is 34.4 Å². The predicted molar refractivity (Wildman–Crippen MR) is 159 cm³/mol. The van der Waals surface area contributed by atoms with E-state index in [2.05, 4.69) is 20.6 Å².